The Bertz CT molecular complexity index is 207. The van der Waals surface area contributed by atoms with Gasteiger partial charge in [-0.2, -0.15) is 5.26 Å². The molecule has 4 nitrogen and oxygen atoms in total. The molecule has 0 aliphatic carbocycles. The first-order valence-corrected chi connectivity index (χ1v) is 6.98. The van der Waals surface area contributed by atoms with Crippen molar-refractivity contribution in [2.45, 2.75) is 38.5 Å². The van der Waals surface area contributed by atoms with Gasteiger partial charge >= 0.3 is 0 Å². The van der Waals surface area contributed by atoms with Crippen molar-refractivity contribution in [1.29, 1.82) is 5.26 Å². The summed E-state index contributed by atoms with van der Waals surface area (Å²) in [6.45, 7) is 9.84. The van der Waals surface area contributed by atoms with Gasteiger partial charge in [0, 0.05) is 24.4 Å². The van der Waals surface area contributed by atoms with Crippen molar-refractivity contribution in [3.63, 3.8) is 0 Å². The second-order valence-corrected chi connectivity index (χ2v) is 5.37. The van der Waals surface area contributed by atoms with E-state index >= 15 is 0 Å². The molecule has 100 valence electrons. The molecule has 5 heteroatoms. The third-order valence-corrected chi connectivity index (χ3v) is 2.84. The molecule has 0 aromatic heterocycles. The van der Waals surface area contributed by atoms with Crippen LogP contribution in [0.3, 0.4) is 0 Å². The maximum absolute atomic E-state index is 8.45. The number of rotatable bonds is 11. The Morgan fingerprint density at radius 1 is 1.12 bits per heavy atom. The highest BCUT2D eigenvalue weighted by molar-refractivity contribution is 8.04. The Morgan fingerprint density at radius 2 is 1.76 bits per heavy atom. The maximum atomic E-state index is 8.45. The lowest BCUT2D eigenvalue weighted by Gasteiger charge is -2.09. The van der Waals surface area contributed by atoms with Crippen LogP contribution in [0.4, 0.5) is 0 Å². The number of hydrogen-bond donors (Lipinski definition) is 1. The molecular weight excluding hydrogens is 236 g/mol. The maximum Gasteiger partial charge on any atom is 0.133 e. The topological polar surface area (TPSA) is 54.3 Å². The molecule has 0 fully saturated rings. The summed E-state index contributed by atoms with van der Waals surface area (Å²) < 4.78 is 10.8. The Balaban J connectivity index is 3.06. The zero-order chi connectivity index (χ0) is 12.9. The lowest BCUT2D eigenvalue weighted by molar-refractivity contribution is 0.0477. The normalized spacial score (nSPS) is 12.6. The fraction of sp³-hybridized carbons (Fsp3) is 0.917. The van der Waals surface area contributed by atoms with E-state index in [1.807, 2.05) is 6.92 Å². The van der Waals surface area contributed by atoms with Crippen LogP contribution < -0.4 is 5.32 Å². The molecule has 0 amide bonds. The molecule has 17 heavy (non-hydrogen) atoms. The first kappa shape index (κ1) is 16.7. The second-order valence-electron chi connectivity index (χ2n) is 4.14. The van der Waals surface area contributed by atoms with E-state index in [1.165, 1.54) is 11.8 Å². The molecule has 0 aromatic carbocycles. The highest BCUT2D eigenvalue weighted by atomic mass is 32.2. The molecule has 0 saturated heterocycles. The number of thioether (sulfide) groups is 1. The van der Waals surface area contributed by atoms with Gasteiger partial charge in [-0.05, 0) is 18.2 Å². The molecule has 0 radical (unpaired) electrons. The van der Waals surface area contributed by atoms with Crippen LogP contribution in [0.25, 0.3) is 0 Å². The summed E-state index contributed by atoms with van der Waals surface area (Å²) in [5.74, 6) is 0. The van der Waals surface area contributed by atoms with Crippen molar-refractivity contribution >= 4 is 11.8 Å². The van der Waals surface area contributed by atoms with Crippen molar-refractivity contribution in [1.82, 2.24) is 5.32 Å². The van der Waals surface area contributed by atoms with Crippen molar-refractivity contribution in [2.75, 3.05) is 33.0 Å². The standard InChI is InChI=1S/C12H24N2O2S/c1-11(2)14-5-7-16-9-8-15-6-4-12(3)17-10-13/h11-12,14H,4-9H2,1-3H3. The highest BCUT2D eigenvalue weighted by Gasteiger charge is 2.01. The summed E-state index contributed by atoms with van der Waals surface area (Å²) in [5, 5.41) is 14.1. The first-order valence-electron chi connectivity index (χ1n) is 6.10. The fourth-order valence-electron chi connectivity index (χ4n) is 1.14. The summed E-state index contributed by atoms with van der Waals surface area (Å²) in [5.41, 5.74) is 0. The van der Waals surface area contributed by atoms with Gasteiger partial charge < -0.3 is 14.8 Å². The quantitative estimate of drug-likeness (QED) is 0.455. The van der Waals surface area contributed by atoms with E-state index in [4.69, 9.17) is 14.7 Å². The lowest BCUT2D eigenvalue weighted by Crippen LogP contribution is -2.27. The molecule has 0 heterocycles. The number of ether oxygens (including phenoxy) is 2. The zero-order valence-corrected chi connectivity index (χ0v) is 11.9. The average Bonchev–Trinajstić information content (AvgIpc) is 2.27. The Morgan fingerprint density at radius 3 is 2.35 bits per heavy atom. The molecule has 0 aliphatic heterocycles. The highest BCUT2D eigenvalue weighted by Crippen LogP contribution is 2.11. The van der Waals surface area contributed by atoms with Gasteiger partial charge in [0.15, 0.2) is 0 Å². The van der Waals surface area contributed by atoms with E-state index in [1.54, 1.807) is 0 Å². The zero-order valence-electron chi connectivity index (χ0n) is 11.1. The summed E-state index contributed by atoms with van der Waals surface area (Å²) in [6.07, 6.45) is 0.910. The minimum absolute atomic E-state index is 0.344. The van der Waals surface area contributed by atoms with E-state index < -0.39 is 0 Å². The third-order valence-electron chi connectivity index (χ3n) is 2.09. The van der Waals surface area contributed by atoms with Crippen LogP contribution in [0.1, 0.15) is 27.2 Å². The minimum Gasteiger partial charge on any atom is -0.379 e. The van der Waals surface area contributed by atoms with Gasteiger partial charge in [0.05, 0.1) is 19.8 Å². The Labute approximate surface area is 109 Å². The molecule has 0 bridgehead atoms. The van der Waals surface area contributed by atoms with E-state index in [-0.39, 0.29) is 0 Å². The molecule has 0 saturated carbocycles. The average molecular weight is 260 g/mol. The SMILES string of the molecule is CC(C)NCCOCCOCCC(C)SC#N. The van der Waals surface area contributed by atoms with Crippen LogP contribution in [-0.4, -0.2) is 44.3 Å². The summed E-state index contributed by atoms with van der Waals surface area (Å²) >= 11 is 1.29. The van der Waals surface area contributed by atoms with Gasteiger partial charge in [0.2, 0.25) is 0 Å². The largest absolute Gasteiger partial charge is 0.379 e. The van der Waals surface area contributed by atoms with Gasteiger partial charge in [-0.3, -0.25) is 0 Å². The van der Waals surface area contributed by atoms with Crippen LogP contribution in [-0.2, 0) is 9.47 Å². The smallest absolute Gasteiger partial charge is 0.133 e. The minimum atomic E-state index is 0.344. The van der Waals surface area contributed by atoms with Crippen molar-refractivity contribution < 1.29 is 9.47 Å². The predicted molar refractivity (Wildman–Crippen MR) is 72.1 cm³/mol. The molecule has 1 unspecified atom stereocenters. The molecule has 0 aromatic rings. The van der Waals surface area contributed by atoms with Gasteiger partial charge in [-0.1, -0.05) is 20.8 Å². The van der Waals surface area contributed by atoms with Gasteiger partial charge in [-0.25, -0.2) is 0 Å². The van der Waals surface area contributed by atoms with Crippen molar-refractivity contribution in [3.05, 3.63) is 0 Å². The van der Waals surface area contributed by atoms with Gasteiger partial charge in [-0.15, -0.1) is 0 Å². The van der Waals surface area contributed by atoms with Crippen LogP contribution in [0.5, 0.6) is 0 Å². The summed E-state index contributed by atoms with van der Waals surface area (Å²) in [7, 11) is 0. The third kappa shape index (κ3) is 13.7. The number of thiocyanates is 1. The second kappa shape index (κ2) is 12.2. The summed E-state index contributed by atoms with van der Waals surface area (Å²) in [4.78, 5) is 0. The van der Waals surface area contributed by atoms with Crippen LogP contribution in [0.2, 0.25) is 0 Å². The molecule has 0 aliphatic rings. The Kier molecular flexibility index (Phi) is 12.0. The first-order chi connectivity index (χ1) is 8.16. The van der Waals surface area contributed by atoms with Crippen molar-refractivity contribution in [2.24, 2.45) is 0 Å². The monoisotopic (exact) mass is 260 g/mol. The number of nitrogens with zero attached hydrogens (tertiary/aromatic N) is 1. The van der Waals surface area contributed by atoms with E-state index in [0.717, 1.165) is 19.6 Å². The molecule has 1 atom stereocenters. The Hall–Kier alpha value is -0.280. The summed E-state index contributed by atoms with van der Waals surface area (Å²) in [6, 6.07) is 0.508. The molecular formula is C12H24N2O2S. The number of nitriles is 1. The lowest BCUT2D eigenvalue weighted by atomic mass is 10.3. The molecule has 1 N–H and O–H groups in total. The van der Waals surface area contributed by atoms with Gasteiger partial charge in [0.25, 0.3) is 0 Å². The van der Waals surface area contributed by atoms with Gasteiger partial charge in [0.1, 0.15) is 5.40 Å². The number of hydrogen-bond acceptors (Lipinski definition) is 5. The van der Waals surface area contributed by atoms with Crippen molar-refractivity contribution in [3.8, 4) is 5.40 Å². The van der Waals surface area contributed by atoms with E-state index in [2.05, 4.69) is 24.6 Å². The number of nitrogens with one attached hydrogen (secondary N) is 1. The predicted octanol–water partition coefficient (Wildman–Crippen LogP) is 2.01. The van der Waals surface area contributed by atoms with E-state index in [0.29, 0.717) is 31.1 Å². The van der Waals surface area contributed by atoms with Crippen LogP contribution in [0, 0.1) is 10.7 Å². The molecule has 0 rings (SSSR count). The van der Waals surface area contributed by atoms with Crippen LogP contribution in [0.15, 0.2) is 0 Å². The fourth-order valence-corrected chi connectivity index (χ4v) is 1.53. The van der Waals surface area contributed by atoms with E-state index in [9.17, 15) is 0 Å². The molecule has 0 spiro atoms. The van der Waals surface area contributed by atoms with Crippen LogP contribution >= 0.6 is 11.8 Å².